The molecule has 0 spiro atoms. The monoisotopic (exact) mass is 277 g/mol. The average Bonchev–Trinajstić information content (AvgIpc) is 2.34. The molecule has 1 amide bonds. The highest BCUT2D eigenvalue weighted by Gasteiger charge is 2.15. The molecule has 1 unspecified atom stereocenters. The molecule has 0 fully saturated rings. The van der Waals surface area contributed by atoms with E-state index in [1.54, 1.807) is 12.1 Å². The SMILES string of the molecule is CC(=O)C(C)OC(=O)CNC(=O)c1cc(C)cc(C)c1. The highest BCUT2D eigenvalue weighted by atomic mass is 16.5. The number of Topliss-reactive ketones (excluding diaryl/α,β-unsaturated/α-hetero) is 1. The molecule has 0 heterocycles. The number of aryl methyl sites for hydroxylation is 2. The summed E-state index contributed by atoms with van der Waals surface area (Å²) in [6.07, 6.45) is -0.791. The minimum atomic E-state index is -0.791. The van der Waals surface area contributed by atoms with Gasteiger partial charge < -0.3 is 10.1 Å². The molecule has 0 aliphatic carbocycles. The van der Waals surface area contributed by atoms with E-state index in [1.807, 2.05) is 19.9 Å². The maximum absolute atomic E-state index is 11.9. The van der Waals surface area contributed by atoms with Crippen molar-refractivity contribution in [2.45, 2.75) is 33.8 Å². The van der Waals surface area contributed by atoms with Gasteiger partial charge in [0.05, 0.1) is 0 Å². The molecule has 1 rings (SSSR count). The second-order valence-electron chi connectivity index (χ2n) is 4.80. The lowest BCUT2D eigenvalue weighted by atomic mass is 10.1. The van der Waals surface area contributed by atoms with Crippen molar-refractivity contribution in [3.63, 3.8) is 0 Å². The molecule has 0 saturated carbocycles. The van der Waals surface area contributed by atoms with E-state index in [-0.39, 0.29) is 18.2 Å². The summed E-state index contributed by atoms with van der Waals surface area (Å²) in [6.45, 7) is 6.36. The number of carbonyl (C=O) groups is 3. The number of nitrogens with one attached hydrogen (secondary N) is 1. The van der Waals surface area contributed by atoms with E-state index >= 15 is 0 Å². The van der Waals surface area contributed by atoms with E-state index in [1.165, 1.54) is 13.8 Å². The van der Waals surface area contributed by atoms with Crippen LogP contribution in [0.4, 0.5) is 0 Å². The van der Waals surface area contributed by atoms with Gasteiger partial charge in [-0.3, -0.25) is 14.4 Å². The summed E-state index contributed by atoms with van der Waals surface area (Å²) < 4.78 is 4.84. The number of rotatable bonds is 5. The lowest BCUT2D eigenvalue weighted by Crippen LogP contribution is -2.33. The molecule has 1 aromatic rings. The Labute approximate surface area is 118 Å². The van der Waals surface area contributed by atoms with Crippen molar-refractivity contribution in [2.24, 2.45) is 0 Å². The number of ether oxygens (including phenoxy) is 1. The first kappa shape index (κ1) is 15.9. The predicted molar refractivity (Wildman–Crippen MR) is 74.5 cm³/mol. The summed E-state index contributed by atoms with van der Waals surface area (Å²) in [4.78, 5) is 34.3. The zero-order valence-electron chi connectivity index (χ0n) is 12.1. The Balaban J connectivity index is 2.55. The quantitative estimate of drug-likeness (QED) is 0.829. The van der Waals surface area contributed by atoms with Gasteiger partial charge in [0.15, 0.2) is 11.9 Å². The molecule has 1 atom stereocenters. The van der Waals surface area contributed by atoms with Crippen LogP contribution in [0.15, 0.2) is 18.2 Å². The van der Waals surface area contributed by atoms with Gasteiger partial charge in [-0.05, 0) is 39.8 Å². The number of hydrogen-bond acceptors (Lipinski definition) is 4. The van der Waals surface area contributed by atoms with Gasteiger partial charge in [-0.2, -0.15) is 0 Å². The molecule has 5 nitrogen and oxygen atoms in total. The van der Waals surface area contributed by atoms with Gasteiger partial charge in [0.2, 0.25) is 0 Å². The van der Waals surface area contributed by atoms with Crippen LogP contribution in [-0.2, 0) is 14.3 Å². The molecular formula is C15H19NO4. The molecular weight excluding hydrogens is 258 g/mol. The number of amides is 1. The number of hydrogen-bond donors (Lipinski definition) is 1. The van der Waals surface area contributed by atoms with Gasteiger partial charge in [-0.15, -0.1) is 0 Å². The molecule has 1 aromatic carbocycles. The van der Waals surface area contributed by atoms with E-state index in [4.69, 9.17) is 4.74 Å². The van der Waals surface area contributed by atoms with E-state index in [0.29, 0.717) is 5.56 Å². The van der Waals surface area contributed by atoms with Crippen molar-refractivity contribution < 1.29 is 19.1 Å². The maximum atomic E-state index is 11.9. The minimum absolute atomic E-state index is 0.237. The fourth-order valence-corrected chi connectivity index (χ4v) is 1.68. The molecule has 108 valence electrons. The van der Waals surface area contributed by atoms with Crippen LogP contribution in [-0.4, -0.2) is 30.3 Å². The molecule has 0 aliphatic rings. The van der Waals surface area contributed by atoms with Gasteiger partial charge in [-0.1, -0.05) is 17.2 Å². The lowest BCUT2D eigenvalue weighted by molar-refractivity contribution is -0.152. The zero-order valence-corrected chi connectivity index (χ0v) is 12.1. The van der Waals surface area contributed by atoms with Crippen molar-refractivity contribution in [1.82, 2.24) is 5.32 Å². The van der Waals surface area contributed by atoms with Crippen LogP contribution in [0.2, 0.25) is 0 Å². The summed E-state index contributed by atoms with van der Waals surface area (Å²) in [5.74, 6) is -1.21. The topological polar surface area (TPSA) is 72.5 Å². The number of ketones is 1. The Bertz CT molecular complexity index is 516. The first-order chi connectivity index (χ1) is 9.29. The van der Waals surface area contributed by atoms with Crippen molar-refractivity contribution in [3.05, 3.63) is 34.9 Å². The summed E-state index contributed by atoms with van der Waals surface area (Å²) in [5.41, 5.74) is 2.45. The van der Waals surface area contributed by atoms with Gasteiger partial charge >= 0.3 is 5.97 Å². The van der Waals surface area contributed by atoms with Crippen LogP contribution in [0.5, 0.6) is 0 Å². The first-order valence-electron chi connectivity index (χ1n) is 6.36. The Morgan fingerprint density at radius 3 is 2.20 bits per heavy atom. The van der Waals surface area contributed by atoms with Crippen molar-refractivity contribution >= 4 is 17.7 Å². The van der Waals surface area contributed by atoms with Gasteiger partial charge in [0, 0.05) is 5.56 Å². The van der Waals surface area contributed by atoms with Crippen LogP contribution in [0, 0.1) is 13.8 Å². The fraction of sp³-hybridized carbons (Fsp3) is 0.400. The van der Waals surface area contributed by atoms with E-state index in [0.717, 1.165) is 11.1 Å². The normalized spacial score (nSPS) is 11.6. The lowest BCUT2D eigenvalue weighted by Gasteiger charge is -2.11. The summed E-state index contributed by atoms with van der Waals surface area (Å²) in [7, 11) is 0. The van der Waals surface area contributed by atoms with Gasteiger partial charge in [0.25, 0.3) is 5.91 Å². The van der Waals surface area contributed by atoms with Crippen LogP contribution in [0.3, 0.4) is 0 Å². The van der Waals surface area contributed by atoms with Gasteiger partial charge in [-0.25, -0.2) is 0 Å². The number of benzene rings is 1. The molecule has 0 aliphatic heterocycles. The fourth-order valence-electron chi connectivity index (χ4n) is 1.68. The van der Waals surface area contributed by atoms with E-state index < -0.39 is 12.1 Å². The van der Waals surface area contributed by atoms with Gasteiger partial charge in [0.1, 0.15) is 6.54 Å². The molecule has 0 saturated heterocycles. The highest BCUT2D eigenvalue weighted by Crippen LogP contribution is 2.08. The number of carbonyl (C=O) groups excluding carboxylic acids is 3. The average molecular weight is 277 g/mol. The van der Waals surface area contributed by atoms with Crippen molar-refractivity contribution in [3.8, 4) is 0 Å². The Kier molecular flexibility index (Phi) is 5.43. The Morgan fingerprint density at radius 2 is 1.70 bits per heavy atom. The molecule has 20 heavy (non-hydrogen) atoms. The molecule has 0 radical (unpaired) electrons. The summed E-state index contributed by atoms with van der Waals surface area (Å²) in [5, 5.41) is 2.47. The van der Waals surface area contributed by atoms with Crippen LogP contribution in [0.1, 0.15) is 35.3 Å². The smallest absolute Gasteiger partial charge is 0.326 e. The molecule has 0 aromatic heterocycles. The van der Waals surface area contributed by atoms with E-state index in [9.17, 15) is 14.4 Å². The summed E-state index contributed by atoms with van der Waals surface area (Å²) >= 11 is 0. The van der Waals surface area contributed by atoms with E-state index in [2.05, 4.69) is 5.32 Å². The third-order valence-electron chi connectivity index (χ3n) is 2.76. The molecule has 0 bridgehead atoms. The maximum Gasteiger partial charge on any atom is 0.326 e. The van der Waals surface area contributed by atoms with Crippen molar-refractivity contribution in [2.75, 3.05) is 6.54 Å². The van der Waals surface area contributed by atoms with Crippen LogP contribution in [0.25, 0.3) is 0 Å². The summed E-state index contributed by atoms with van der Waals surface area (Å²) in [6, 6.07) is 5.44. The minimum Gasteiger partial charge on any atom is -0.453 e. The van der Waals surface area contributed by atoms with Crippen LogP contribution < -0.4 is 5.32 Å². The van der Waals surface area contributed by atoms with Crippen LogP contribution >= 0.6 is 0 Å². The second-order valence-corrected chi connectivity index (χ2v) is 4.80. The predicted octanol–water partition coefficient (Wildman–Crippen LogP) is 1.55. The Hall–Kier alpha value is -2.17. The third kappa shape index (κ3) is 4.84. The Morgan fingerprint density at radius 1 is 1.15 bits per heavy atom. The third-order valence-corrected chi connectivity index (χ3v) is 2.76. The second kappa shape index (κ2) is 6.84. The largest absolute Gasteiger partial charge is 0.453 e. The molecule has 1 N–H and O–H groups in total. The number of esters is 1. The zero-order chi connectivity index (χ0) is 15.3. The first-order valence-corrected chi connectivity index (χ1v) is 6.36. The molecule has 5 heteroatoms. The standard InChI is InChI=1S/C15H19NO4/c1-9-5-10(2)7-13(6-9)15(19)16-8-14(18)20-12(4)11(3)17/h5-7,12H,8H2,1-4H3,(H,16,19). The highest BCUT2D eigenvalue weighted by molar-refractivity contribution is 5.96. The van der Waals surface area contributed by atoms with Crippen molar-refractivity contribution in [1.29, 1.82) is 0 Å².